The number of methoxy groups -OCH3 is 1. The highest BCUT2D eigenvalue weighted by Gasteiger charge is 2.12. The minimum Gasteiger partial charge on any atom is -0.495 e. The Hall–Kier alpha value is -1.52. The molecule has 0 saturated carbocycles. The molecule has 0 saturated heterocycles. The highest BCUT2D eigenvalue weighted by Crippen LogP contribution is 2.30. The van der Waals surface area contributed by atoms with Gasteiger partial charge in [0.1, 0.15) is 5.75 Å². The number of hydrogen-bond acceptors (Lipinski definition) is 3. The Bertz CT molecular complexity index is 551. The van der Waals surface area contributed by atoms with Crippen LogP contribution in [0.4, 0.5) is 0 Å². The van der Waals surface area contributed by atoms with Gasteiger partial charge in [0.2, 0.25) is 0 Å². The highest BCUT2D eigenvalue weighted by atomic mass is 35.5. The Labute approximate surface area is 111 Å². The molecule has 1 heterocycles. The number of aryl methyl sites for hydroxylation is 1. The average Bonchev–Trinajstić information content (AvgIpc) is 2.72. The fourth-order valence-corrected chi connectivity index (χ4v) is 2.20. The Morgan fingerprint density at radius 2 is 2.22 bits per heavy atom. The Morgan fingerprint density at radius 1 is 1.44 bits per heavy atom. The van der Waals surface area contributed by atoms with E-state index in [2.05, 4.69) is 4.98 Å². The summed E-state index contributed by atoms with van der Waals surface area (Å²) in [4.78, 5) is 4.41. The van der Waals surface area contributed by atoms with Crippen molar-refractivity contribution in [3.63, 3.8) is 0 Å². The predicted molar refractivity (Wildman–Crippen MR) is 73.0 cm³/mol. The van der Waals surface area contributed by atoms with Crippen molar-refractivity contribution in [1.82, 2.24) is 9.55 Å². The van der Waals surface area contributed by atoms with Gasteiger partial charge in [0, 0.05) is 24.7 Å². The summed E-state index contributed by atoms with van der Waals surface area (Å²) in [5, 5.41) is 0.583. The molecule has 0 spiro atoms. The van der Waals surface area contributed by atoms with Crippen molar-refractivity contribution in [3.8, 4) is 17.0 Å². The van der Waals surface area contributed by atoms with E-state index in [0.29, 0.717) is 17.3 Å². The van der Waals surface area contributed by atoms with Gasteiger partial charge >= 0.3 is 0 Å². The number of aromatic nitrogens is 2. The van der Waals surface area contributed by atoms with Crippen LogP contribution < -0.4 is 10.5 Å². The standard InChI is InChI=1S/C13H16ClN3O/c1-17-8-16-13(11(17)5-6-15)9-3-4-12(18-2)10(14)7-9/h3-4,7-8H,5-6,15H2,1-2H3. The zero-order chi connectivity index (χ0) is 13.1. The average molecular weight is 266 g/mol. The normalized spacial score (nSPS) is 10.7. The van der Waals surface area contributed by atoms with Crippen molar-refractivity contribution in [2.45, 2.75) is 6.42 Å². The smallest absolute Gasteiger partial charge is 0.137 e. The lowest BCUT2D eigenvalue weighted by Crippen LogP contribution is -2.07. The third kappa shape index (κ3) is 2.35. The van der Waals surface area contributed by atoms with E-state index in [1.165, 1.54) is 0 Å². The molecule has 0 amide bonds. The van der Waals surface area contributed by atoms with Crippen molar-refractivity contribution in [2.75, 3.05) is 13.7 Å². The number of halogens is 1. The van der Waals surface area contributed by atoms with Crippen LogP contribution in [-0.4, -0.2) is 23.2 Å². The summed E-state index contributed by atoms with van der Waals surface area (Å²) in [6.07, 6.45) is 2.58. The molecule has 2 aromatic rings. The minimum absolute atomic E-state index is 0.583. The van der Waals surface area contributed by atoms with Crippen molar-refractivity contribution in [3.05, 3.63) is 35.2 Å². The second kappa shape index (κ2) is 5.42. The summed E-state index contributed by atoms with van der Waals surface area (Å²) in [6, 6.07) is 5.66. The minimum atomic E-state index is 0.583. The van der Waals surface area contributed by atoms with Crippen molar-refractivity contribution >= 4 is 11.6 Å². The van der Waals surface area contributed by atoms with Gasteiger partial charge in [-0.3, -0.25) is 0 Å². The topological polar surface area (TPSA) is 53.1 Å². The van der Waals surface area contributed by atoms with Gasteiger partial charge in [-0.25, -0.2) is 4.98 Å². The highest BCUT2D eigenvalue weighted by molar-refractivity contribution is 6.32. The lowest BCUT2D eigenvalue weighted by Gasteiger charge is -2.07. The molecule has 0 aliphatic rings. The molecule has 0 radical (unpaired) electrons. The largest absolute Gasteiger partial charge is 0.495 e. The molecule has 0 atom stereocenters. The number of nitrogens with zero attached hydrogens (tertiary/aromatic N) is 2. The molecule has 5 heteroatoms. The van der Waals surface area contributed by atoms with Crippen LogP contribution in [0.25, 0.3) is 11.3 Å². The zero-order valence-corrected chi connectivity index (χ0v) is 11.2. The van der Waals surface area contributed by atoms with Crippen molar-refractivity contribution < 1.29 is 4.74 Å². The monoisotopic (exact) mass is 265 g/mol. The van der Waals surface area contributed by atoms with Crippen LogP contribution in [0.1, 0.15) is 5.69 Å². The van der Waals surface area contributed by atoms with Crippen LogP contribution in [0.5, 0.6) is 5.75 Å². The first-order valence-corrected chi connectivity index (χ1v) is 6.09. The van der Waals surface area contributed by atoms with Crippen LogP contribution >= 0.6 is 11.6 Å². The summed E-state index contributed by atoms with van der Waals surface area (Å²) in [5.41, 5.74) is 8.63. The van der Waals surface area contributed by atoms with E-state index in [9.17, 15) is 0 Å². The number of imidazole rings is 1. The van der Waals surface area contributed by atoms with Crippen LogP contribution in [0.2, 0.25) is 5.02 Å². The number of hydrogen-bond donors (Lipinski definition) is 1. The second-order valence-electron chi connectivity index (χ2n) is 4.04. The van der Waals surface area contributed by atoms with E-state index in [0.717, 1.165) is 23.4 Å². The van der Waals surface area contributed by atoms with Gasteiger partial charge in [0.05, 0.1) is 24.2 Å². The quantitative estimate of drug-likeness (QED) is 0.923. The lowest BCUT2D eigenvalue weighted by atomic mass is 10.1. The molecule has 0 bridgehead atoms. The van der Waals surface area contributed by atoms with E-state index >= 15 is 0 Å². The van der Waals surface area contributed by atoms with Crippen LogP contribution in [0.3, 0.4) is 0 Å². The van der Waals surface area contributed by atoms with E-state index < -0.39 is 0 Å². The molecule has 4 nitrogen and oxygen atoms in total. The molecule has 0 aliphatic carbocycles. The fourth-order valence-electron chi connectivity index (χ4n) is 1.94. The number of nitrogens with two attached hydrogens (primary N) is 1. The number of benzene rings is 1. The molecule has 1 aromatic carbocycles. The van der Waals surface area contributed by atoms with E-state index in [4.69, 9.17) is 22.1 Å². The van der Waals surface area contributed by atoms with Gasteiger partial charge < -0.3 is 15.0 Å². The maximum Gasteiger partial charge on any atom is 0.137 e. The molecular formula is C13H16ClN3O. The first kappa shape index (κ1) is 12.9. The van der Waals surface area contributed by atoms with Gasteiger partial charge in [0.25, 0.3) is 0 Å². The van der Waals surface area contributed by atoms with Crippen LogP contribution in [0, 0.1) is 0 Å². The van der Waals surface area contributed by atoms with E-state index in [-0.39, 0.29) is 0 Å². The van der Waals surface area contributed by atoms with E-state index in [1.807, 2.05) is 29.8 Å². The van der Waals surface area contributed by atoms with Gasteiger partial charge in [-0.2, -0.15) is 0 Å². The molecule has 1 aromatic heterocycles. The molecule has 0 aliphatic heterocycles. The Kier molecular flexibility index (Phi) is 3.89. The summed E-state index contributed by atoms with van der Waals surface area (Å²) in [6.45, 7) is 0.594. The van der Waals surface area contributed by atoms with Gasteiger partial charge in [-0.05, 0) is 24.7 Å². The summed E-state index contributed by atoms with van der Waals surface area (Å²) < 4.78 is 7.13. The number of rotatable bonds is 4. The Balaban J connectivity index is 2.45. The second-order valence-corrected chi connectivity index (χ2v) is 4.45. The van der Waals surface area contributed by atoms with Gasteiger partial charge in [-0.1, -0.05) is 11.6 Å². The summed E-state index contributed by atoms with van der Waals surface area (Å²) in [7, 11) is 3.56. The summed E-state index contributed by atoms with van der Waals surface area (Å²) >= 11 is 6.13. The number of ether oxygens (including phenoxy) is 1. The Morgan fingerprint density at radius 3 is 2.83 bits per heavy atom. The van der Waals surface area contributed by atoms with Crippen LogP contribution in [0.15, 0.2) is 24.5 Å². The molecule has 2 rings (SSSR count). The molecule has 0 unspecified atom stereocenters. The molecular weight excluding hydrogens is 250 g/mol. The molecule has 2 N–H and O–H groups in total. The maximum absolute atomic E-state index is 6.13. The third-order valence-electron chi connectivity index (χ3n) is 2.87. The first-order valence-electron chi connectivity index (χ1n) is 5.71. The predicted octanol–water partition coefficient (Wildman–Crippen LogP) is 2.25. The van der Waals surface area contributed by atoms with Gasteiger partial charge in [0.15, 0.2) is 0 Å². The first-order chi connectivity index (χ1) is 8.67. The SMILES string of the molecule is COc1ccc(-c2ncn(C)c2CCN)cc1Cl. The van der Waals surface area contributed by atoms with Gasteiger partial charge in [-0.15, -0.1) is 0 Å². The van der Waals surface area contributed by atoms with E-state index in [1.54, 1.807) is 13.4 Å². The molecule has 18 heavy (non-hydrogen) atoms. The lowest BCUT2D eigenvalue weighted by molar-refractivity contribution is 0.415. The summed E-state index contributed by atoms with van der Waals surface area (Å²) in [5.74, 6) is 0.664. The maximum atomic E-state index is 6.13. The van der Waals surface area contributed by atoms with Crippen molar-refractivity contribution in [2.24, 2.45) is 12.8 Å². The van der Waals surface area contributed by atoms with Crippen molar-refractivity contribution in [1.29, 1.82) is 0 Å². The zero-order valence-electron chi connectivity index (χ0n) is 10.5. The van der Waals surface area contributed by atoms with Crippen LogP contribution in [-0.2, 0) is 13.5 Å². The molecule has 96 valence electrons. The fraction of sp³-hybridized carbons (Fsp3) is 0.308. The molecule has 0 fully saturated rings. The third-order valence-corrected chi connectivity index (χ3v) is 3.16.